The van der Waals surface area contributed by atoms with Gasteiger partial charge in [-0.1, -0.05) is 19.1 Å². The van der Waals surface area contributed by atoms with Crippen LogP contribution in [0.15, 0.2) is 58.9 Å². The summed E-state index contributed by atoms with van der Waals surface area (Å²) in [5.41, 5.74) is 7.40. The van der Waals surface area contributed by atoms with E-state index in [0.717, 1.165) is 42.1 Å². The Hall–Kier alpha value is -2.62. The summed E-state index contributed by atoms with van der Waals surface area (Å²) >= 11 is 0. The van der Waals surface area contributed by atoms with E-state index in [1.54, 1.807) is 0 Å². The van der Waals surface area contributed by atoms with Crippen molar-refractivity contribution in [1.29, 1.82) is 5.41 Å². The van der Waals surface area contributed by atoms with Crippen LogP contribution in [-0.2, 0) is 9.53 Å². The van der Waals surface area contributed by atoms with Crippen LogP contribution in [0.1, 0.15) is 46.0 Å². The van der Waals surface area contributed by atoms with Crippen LogP contribution < -0.4 is 16.4 Å². The van der Waals surface area contributed by atoms with Crippen molar-refractivity contribution in [2.75, 3.05) is 19.7 Å². The van der Waals surface area contributed by atoms with Crippen LogP contribution in [0.3, 0.4) is 0 Å². The molecule has 0 saturated carbocycles. The molecule has 2 heterocycles. The lowest BCUT2D eigenvalue weighted by Crippen LogP contribution is -2.73. The van der Waals surface area contributed by atoms with Gasteiger partial charge >= 0.3 is 0 Å². The molecule has 7 nitrogen and oxygen atoms in total. The zero-order chi connectivity index (χ0) is 24.8. The van der Waals surface area contributed by atoms with E-state index in [1.807, 2.05) is 0 Å². The van der Waals surface area contributed by atoms with E-state index >= 15 is 0 Å². The molecule has 3 unspecified atom stereocenters. The van der Waals surface area contributed by atoms with E-state index < -0.39 is 17.9 Å². The number of amides is 1. The summed E-state index contributed by atoms with van der Waals surface area (Å²) in [6.45, 7) is 9.20. The van der Waals surface area contributed by atoms with Gasteiger partial charge in [0, 0.05) is 38.0 Å². The van der Waals surface area contributed by atoms with Gasteiger partial charge in [0.05, 0.1) is 12.3 Å². The van der Waals surface area contributed by atoms with E-state index in [0.29, 0.717) is 26.1 Å². The number of quaternary nitrogens is 1. The Morgan fingerprint density at radius 1 is 1.35 bits per heavy atom. The number of amidine groups is 1. The summed E-state index contributed by atoms with van der Waals surface area (Å²) in [4.78, 5) is 13.8. The molecular weight excluding hydrogens is 440 g/mol. The number of hydrogen-bond acceptors (Lipinski definition) is 5. The Bertz CT molecular complexity index is 953. The van der Waals surface area contributed by atoms with Gasteiger partial charge in [-0.2, -0.15) is 0 Å². The number of carbonyl (C=O) groups is 1. The zero-order valence-electron chi connectivity index (χ0n) is 20.1. The Kier molecular flexibility index (Phi) is 8.93. The average Bonchev–Trinajstić information content (AvgIpc) is 3.15. The van der Waals surface area contributed by atoms with Gasteiger partial charge in [-0.25, -0.2) is 8.78 Å². The molecule has 3 rings (SSSR count). The Morgan fingerprint density at radius 3 is 2.79 bits per heavy atom. The molecule has 9 heteroatoms. The van der Waals surface area contributed by atoms with Crippen LogP contribution in [0.25, 0.3) is 0 Å². The van der Waals surface area contributed by atoms with Crippen molar-refractivity contribution in [3.05, 3.63) is 58.9 Å². The molecule has 6 N–H and O–H groups in total. The zero-order valence-corrected chi connectivity index (χ0v) is 20.1. The molecule has 34 heavy (non-hydrogen) atoms. The standard InChI is InChI=1S/C25H35F2N5O2/c1-4-15(2)8-9-17-12-32(13-20(17)24(29)30-16(3)33)19-11-22(28)25(34-14-19)31-23-10-18(26)6-5-7-21(23)27/h6-7,10,19,22,25,31H,2,4-5,8-9,11-14,28H2,1,3H3,(H2,29,30,33)/p+1. The van der Waals surface area contributed by atoms with Gasteiger partial charge in [0.2, 0.25) is 5.91 Å². The quantitative estimate of drug-likeness (QED) is 0.246. The van der Waals surface area contributed by atoms with E-state index in [1.165, 1.54) is 19.1 Å². The highest BCUT2D eigenvalue weighted by Gasteiger charge is 2.38. The first-order valence-corrected chi connectivity index (χ1v) is 11.8. The Balaban J connectivity index is 1.64. The fourth-order valence-electron chi connectivity index (χ4n) is 4.43. The van der Waals surface area contributed by atoms with Crippen LogP contribution in [0.2, 0.25) is 0 Å². The van der Waals surface area contributed by atoms with Crippen molar-refractivity contribution in [3.63, 3.8) is 0 Å². The van der Waals surface area contributed by atoms with Gasteiger partial charge in [0.1, 0.15) is 23.5 Å². The van der Waals surface area contributed by atoms with Gasteiger partial charge in [-0.3, -0.25) is 15.1 Å². The number of nitrogens with zero attached hydrogens (tertiary/aromatic N) is 1. The molecule has 1 amide bonds. The lowest BCUT2D eigenvalue weighted by atomic mass is 10.0. The Labute approximate surface area is 200 Å². The van der Waals surface area contributed by atoms with Gasteiger partial charge in [-0.15, -0.1) is 0 Å². The van der Waals surface area contributed by atoms with Crippen molar-refractivity contribution in [2.24, 2.45) is 0 Å². The minimum atomic E-state index is -0.535. The summed E-state index contributed by atoms with van der Waals surface area (Å²) in [6.07, 6.45) is 6.70. The SMILES string of the molecule is C=C(CC)CCC1=C(C(=N)NC(C)=O)CN(C2COC(NC3=CC(F)=CCC=C3F)C([NH3+])C2)C1. The minimum absolute atomic E-state index is 0.0627. The van der Waals surface area contributed by atoms with E-state index in [4.69, 9.17) is 10.1 Å². The van der Waals surface area contributed by atoms with Crippen molar-refractivity contribution < 1.29 is 24.0 Å². The smallest absolute Gasteiger partial charge is 0.222 e. The van der Waals surface area contributed by atoms with Crippen molar-refractivity contribution in [1.82, 2.24) is 15.5 Å². The van der Waals surface area contributed by atoms with Gasteiger partial charge in [0.25, 0.3) is 0 Å². The van der Waals surface area contributed by atoms with Crippen LogP contribution in [-0.4, -0.2) is 54.7 Å². The molecule has 0 aromatic heterocycles. The molecule has 0 aromatic carbocycles. The van der Waals surface area contributed by atoms with Crippen LogP contribution in [0.5, 0.6) is 0 Å². The number of allylic oxidation sites excluding steroid dienone is 6. The molecule has 3 aliphatic rings. The second-order valence-corrected chi connectivity index (χ2v) is 9.13. The fourth-order valence-corrected chi connectivity index (χ4v) is 4.43. The maximum atomic E-state index is 14.3. The summed E-state index contributed by atoms with van der Waals surface area (Å²) in [5, 5.41) is 14.0. The highest BCUT2D eigenvalue weighted by Crippen LogP contribution is 2.29. The van der Waals surface area contributed by atoms with Crippen LogP contribution in [0, 0.1) is 5.41 Å². The largest absolute Gasteiger partial charge is 0.353 e. The number of rotatable bonds is 8. The summed E-state index contributed by atoms with van der Waals surface area (Å²) < 4.78 is 34.0. The lowest BCUT2D eigenvalue weighted by molar-refractivity contribution is -0.452. The molecule has 1 fully saturated rings. The van der Waals surface area contributed by atoms with Crippen LogP contribution >= 0.6 is 0 Å². The second-order valence-electron chi connectivity index (χ2n) is 9.13. The molecule has 1 saturated heterocycles. The number of ether oxygens (including phenoxy) is 1. The van der Waals surface area contributed by atoms with Gasteiger partial charge < -0.3 is 21.1 Å². The van der Waals surface area contributed by atoms with Gasteiger partial charge in [-0.05, 0) is 49.5 Å². The maximum absolute atomic E-state index is 14.3. The van der Waals surface area contributed by atoms with Crippen molar-refractivity contribution in [2.45, 2.75) is 64.3 Å². The monoisotopic (exact) mass is 476 g/mol. The van der Waals surface area contributed by atoms with Crippen LogP contribution in [0.4, 0.5) is 8.78 Å². The summed E-state index contributed by atoms with van der Waals surface area (Å²) in [7, 11) is 0. The molecule has 186 valence electrons. The predicted molar refractivity (Wildman–Crippen MR) is 128 cm³/mol. The normalized spacial score (nSPS) is 25.8. The number of halogens is 2. The topological polar surface area (TPSA) is 105 Å². The molecule has 0 aromatic rings. The third-order valence-electron chi connectivity index (χ3n) is 6.50. The van der Waals surface area contributed by atoms with Crippen molar-refractivity contribution in [3.8, 4) is 0 Å². The van der Waals surface area contributed by atoms with Crippen molar-refractivity contribution >= 4 is 11.7 Å². The molecule has 0 spiro atoms. The molecule has 2 aliphatic heterocycles. The van der Waals surface area contributed by atoms with E-state index in [-0.39, 0.29) is 35.9 Å². The molecular formula is C25H36F2N5O2+. The molecule has 0 bridgehead atoms. The summed E-state index contributed by atoms with van der Waals surface area (Å²) in [5.74, 6) is -1.12. The minimum Gasteiger partial charge on any atom is -0.353 e. The fraction of sp³-hybridized carbons (Fsp3) is 0.520. The number of carbonyl (C=O) groups excluding carboxylic acids is 1. The maximum Gasteiger partial charge on any atom is 0.222 e. The van der Waals surface area contributed by atoms with Gasteiger partial charge in [0.15, 0.2) is 6.23 Å². The second kappa shape index (κ2) is 11.7. The van der Waals surface area contributed by atoms with E-state index in [2.05, 4.69) is 34.8 Å². The van der Waals surface area contributed by atoms with E-state index in [9.17, 15) is 13.6 Å². The first kappa shape index (κ1) is 26.0. The predicted octanol–water partition coefficient (Wildman–Crippen LogP) is 2.77. The molecule has 0 radical (unpaired) electrons. The third kappa shape index (κ3) is 6.71. The highest BCUT2D eigenvalue weighted by molar-refractivity contribution is 6.06. The first-order chi connectivity index (χ1) is 16.2. The number of nitrogens with one attached hydrogen (secondary N) is 3. The average molecular weight is 477 g/mol. The first-order valence-electron chi connectivity index (χ1n) is 11.8. The Morgan fingerprint density at radius 2 is 2.12 bits per heavy atom. The summed E-state index contributed by atoms with van der Waals surface area (Å²) in [6, 6.07) is -0.127. The third-order valence-corrected chi connectivity index (χ3v) is 6.50. The highest BCUT2D eigenvalue weighted by atomic mass is 19.1. The molecule has 1 aliphatic carbocycles. The lowest BCUT2D eigenvalue weighted by Gasteiger charge is -2.37. The molecule has 3 atom stereocenters. The number of hydrogen-bond donors (Lipinski definition) is 4.